The van der Waals surface area contributed by atoms with E-state index in [1.54, 1.807) is 24.5 Å². The molecule has 1 N–H and O–H groups in total. The van der Waals surface area contributed by atoms with Gasteiger partial charge in [-0.15, -0.1) is 10.2 Å². The number of thioether (sulfide) groups is 1. The van der Waals surface area contributed by atoms with E-state index in [0.29, 0.717) is 16.7 Å². The molecule has 0 atom stereocenters. The van der Waals surface area contributed by atoms with Gasteiger partial charge in [-0.05, 0) is 80.0 Å². The Morgan fingerprint density at radius 3 is 2.37 bits per heavy atom. The largest absolute Gasteiger partial charge is 0.325 e. The Morgan fingerprint density at radius 1 is 0.943 bits per heavy atom. The van der Waals surface area contributed by atoms with E-state index >= 15 is 0 Å². The molecular formula is C26H25FN6OS. The van der Waals surface area contributed by atoms with Gasteiger partial charge in [-0.1, -0.05) is 23.9 Å². The van der Waals surface area contributed by atoms with Crippen molar-refractivity contribution in [3.63, 3.8) is 0 Å². The van der Waals surface area contributed by atoms with Crippen molar-refractivity contribution in [3.8, 4) is 17.1 Å². The fraction of sp³-hybridized carbons (Fsp3) is 0.231. The zero-order valence-corrected chi connectivity index (χ0v) is 19.9. The van der Waals surface area contributed by atoms with Gasteiger partial charge in [0.1, 0.15) is 5.82 Å². The molecule has 9 heteroatoms. The molecule has 1 fully saturated rings. The van der Waals surface area contributed by atoms with Gasteiger partial charge in [-0.25, -0.2) is 4.39 Å². The molecule has 35 heavy (non-hydrogen) atoms. The maximum Gasteiger partial charge on any atom is 0.234 e. The Balaban J connectivity index is 1.27. The average Bonchev–Trinajstić information content (AvgIpc) is 3.55. The molecule has 0 aliphatic carbocycles. The molecular weight excluding hydrogens is 463 g/mol. The minimum absolute atomic E-state index is 0.138. The molecule has 2 aromatic heterocycles. The molecule has 1 amide bonds. The first-order chi connectivity index (χ1) is 17.2. The summed E-state index contributed by atoms with van der Waals surface area (Å²) >= 11 is 1.27. The monoisotopic (exact) mass is 488 g/mol. The van der Waals surface area contributed by atoms with Crippen LogP contribution in [-0.4, -0.2) is 49.4 Å². The Kier molecular flexibility index (Phi) is 7.15. The van der Waals surface area contributed by atoms with E-state index in [2.05, 4.69) is 37.5 Å². The lowest BCUT2D eigenvalue weighted by Crippen LogP contribution is -2.18. The SMILES string of the molecule is O=C(CSc1nnc(-c2ccncc2)n1-c1ccc(F)cc1)Nc1ccc(CN2CCCC2)cc1. The second-order valence-electron chi connectivity index (χ2n) is 8.37. The molecule has 178 valence electrons. The van der Waals surface area contributed by atoms with Crippen LogP contribution < -0.4 is 5.32 Å². The summed E-state index contributed by atoms with van der Waals surface area (Å²) in [6, 6.07) is 17.8. The molecule has 0 spiro atoms. The van der Waals surface area contributed by atoms with Crippen LogP contribution in [0.3, 0.4) is 0 Å². The molecule has 2 aromatic carbocycles. The van der Waals surface area contributed by atoms with Crippen LogP contribution in [0.25, 0.3) is 17.1 Å². The Hall–Kier alpha value is -3.56. The number of carbonyl (C=O) groups excluding carboxylic acids is 1. The van der Waals surface area contributed by atoms with Gasteiger partial charge in [-0.2, -0.15) is 0 Å². The van der Waals surface area contributed by atoms with Crippen LogP contribution in [0.1, 0.15) is 18.4 Å². The first-order valence-electron chi connectivity index (χ1n) is 11.5. The quantitative estimate of drug-likeness (QED) is 0.359. The van der Waals surface area contributed by atoms with Crippen LogP contribution in [0.4, 0.5) is 10.1 Å². The average molecular weight is 489 g/mol. The summed E-state index contributed by atoms with van der Waals surface area (Å²) in [6.07, 6.45) is 5.89. The second kappa shape index (κ2) is 10.8. The Labute approximate surface area is 207 Å². The third kappa shape index (κ3) is 5.75. The van der Waals surface area contributed by atoms with Gasteiger partial charge in [0, 0.05) is 35.9 Å². The van der Waals surface area contributed by atoms with Crippen LogP contribution in [0.5, 0.6) is 0 Å². The number of rotatable bonds is 8. The molecule has 0 bridgehead atoms. The van der Waals surface area contributed by atoms with Crippen LogP contribution in [0, 0.1) is 5.82 Å². The summed E-state index contributed by atoms with van der Waals surface area (Å²) in [5.74, 6) is 0.287. The van der Waals surface area contributed by atoms with Gasteiger partial charge in [0.25, 0.3) is 0 Å². The van der Waals surface area contributed by atoms with Crippen molar-refractivity contribution < 1.29 is 9.18 Å². The number of pyridine rings is 1. The highest BCUT2D eigenvalue weighted by atomic mass is 32.2. The van der Waals surface area contributed by atoms with Crippen molar-refractivity contribution in [1.29, 1.82) is 0 Å². The van der Waals surface area contributed by atoms with E-state index in [4.69, 9.17) is 0 Å². The number of aromatic nitrogens is 4. The number of nitrogens with zero attached hydrogens (tertiary/aromatic N) is 5. The second-order valence-corrected chi connectivity index (χ2v) is 9.31. The summed E-state index contributed by atoms with van der Waals surface area (Å²) in [5.41, 5.74) is 3.54. The lowest BCUT2D eigenvalue weighted by atomic mass is 10.2. The third-order valence-electron chi connectivity index (χ3n) is 5.83. The first kappa shape index (κ1) is 23.2. The number of hydrogen-bond donors (Lipinski definition) is 1. The molecule has 1 aliphatic rings. The summed E-state index contributed by atoms with van der Waals surface area (Å²) in [4.78, 5) is 19.2. The molecule has 1 saturated heterocycles. The predicted molar refractivity (Wildman–Crippen MR) is 135 cm³/mol. The first-order valence-corrected chi connectivity index (χ1v) is 12.5. The van der Waals surface area contributed by atoms with E-state index in [1.165, 1.54) is 42.3 Å². The highest BCUT2D eigenvalue weighted by Crippen LogP contribution is 2.28. The third-order valence-corrected chi connectivity index (χ3v) is 6.76. The van der Waals surface area contributed by atoms with Gasteiger partial charge >= 0.3 is 0 Å². The molecule has 1 aliphatic heterocycles. The number of likely N-dealkylation sites (tertiary alicyclic amines) is 1. The smallest absolute Gasteiger partial charge is 0.234 e. The predicted octanol–water partition coefficient (Wildman–Crippen LogP) is 4.80. The normalized spacial score (nSPS) is 13.7. The zero-order valence-electron chi connectivity index (χ0n) is 19.1. The minimum atomic E-state index is -0.327. The van der Waals surface area contributed by atoms with Crippen molar-refractivity contribution in [3.05, 3.63) is 84.4 Å². The number of halogens is 1. The standard InChI is InChI=1S/C26H25FN6OS/c27-21-5-9-23(10-6-21)33-25(20-11-13-28-14-12-20)30-31-26(33)35-18-24(34)29-22-7-3-19(4-8-22)17-32-15-1-2-16-32/h3-14H,1-2,15-18H2,(H,29,34). The van der Waals surface area contributed by atoms with Crippen molar-refractivity contribution in [2.75, 3.05) is 24.2 Å². The van der Waals surface area contributed by atoms with Crippen molar-refractivity contribution in [2.45, 2.75) is 24.5 Å². The van der Waals surface area contributed by atoms with E-state index in [-0.39, 0.29) is 17.5 Å². The van der Waals surface area contributed by atoms with Gasteiger partial charge in [0.2, 0.25) is 5.91 Å². The summed E-state index contributed by atoms with van der Waals surface area (Å²) < 4.78 is 15.3. The summed E-state index contributed by atoms with van der Waals surface area (Å²) in [7, 11) is 0. The maximum absolute atomic E-state index is 13.5. The lowest BCUT2D eigenvalue weighted by Gasteiger charge is -2.14. The molecule has 0 unspecified atom stereocenters. The van der Waals surface area contributed by atoms with E-state index in [0.717, 1.165) is 30.9 Å². The van der Waals surface area contributed by atoms with Gasteiger partial charge in [0.05, 0.1) is 5.75 Å². The van der Waals surface area contributed by atoms with Crippen LogP contribution in [0.15, 0.2) is 78.2 Å². The summed E-state index contributed by atoms with van der Waals surface area (Å²) in [5, 5.41) is 12.1. The van der Waals surface area contributed by atoms with E-state index in [9.17, 15) is 9.18 Å². The maximum atomic E-state index is 13.5. The number of benzene rings is 2. The number of amides is 1. The van der Waals surface area contributed by atoms with Crippen molar-refractivity contribution in [2.24, 2.45) is 0 Å². The van der Waals surface area contributed by atoms with Crippen LogP contribution in [-0.2, 0) is 11.3 Å². The summed E-state index contributed by atoms with van der Waals surface area (Å²) in [6.45, 7) is 3.26. The molecule has 3 heterocycles. The van der Waals surface area contributed by atoms with E-state index < -0.39 is 0 Å². The minimum Gasteiger partial charge on any atom is -0.325 e. The molecule has 4 aromatic rings. The highest BCUT2D eigenvalue weighted by Gasteiger charge is 2.18. The van der Waals surface area contributed by atoms with Crippen molar-refractivity contribution >= 4 is 23.4 Å². The van der Waals surface area contributed by atoms with Gasteiger partial charge in [-0.3, -0.25) is 19.2 Å². The Bertz CT molecular complexity index is 1270. The van der Waals surface area contributed by atoms with Crippen LogP contribution in [0.2, 0.25) is 0 Å². The zero-order chi connectivity index (χ0) is 24.0. The number of carbonyl (C=O) groups is 1. The highest BCUT2D eigenvalue weighted by molar-refractivity contribution is 7.99. The molecule has 0 saturated carbocycles. The molecule has 0 radical (unpaired) electrons. The number of hydrogen-bond acceptors (Lipinski definition) is 6. The topological polar surface area (TPSA) is 75.9 Å². The fourth-order valence-corrected chi connectivity index (χ4v) is 4.85. The van der Waals surface area contributed by atoms with E-state index in [1.807, 2.05) is 28.8 Å². The number of anilines is 1. The van der Waals surface area contributed by atoms with Gasteiger partial charge < -0.3 is 5.32 Å². The number of nitrogens with one attached hydrogen (secondary N) is 1. The fourth-order valence-electron chi connectivity index (χ4n) is 4.09. The van der Waals surface area contributed by atoms with Crippen molar-refractivity contribution in [1.82, 2.24) is 24.6 Å². The van der Waals surface area contributed by atoms with Crippen LogP contribution >= 0.6 is 11.8 Å². The Morgan fingerprint density at radius 2 is 1.66 bits per heavy atom. The molecule has 7 nitrogen and oxygen atoms in total. The molecule has 5 rings (SSSR count). The van der Waals surface area contributed by atoms with Gasteiger partial charge in [0.15, 0.2) is 11.0 Å². The lowest BCUT2D eigenvalue weighted by molar-refractivity contribution is -0.113.